The van der Waals surface area contributed by atoms with Gasteiger partial charge >= 0.3 is 0 Å². The number of halogens is 1. The predicted molar refractivity (Wildman–Crippen MR) is 106 cm³/mol. The van der Waals surface area contributed by atoms with Gasteiger partial charge < -0.3 is 14.8 Å². The highest BCUT2D eigenvalue weighted by atomic mass is 79.9. The summed E-state index contributed by atoms with van der Waals surface area (Å²) in [4.78, 5) is 28.0. The summed E-state index contributed by atoms with van der Waals surface area (Å²) in [5.74, 6) is -0.0266. The Balaban J connectivity index is 1.86. The first-order chi connectivity index (χ1) is 13.0. The maximum Gasteiger partial charge on any atom is 0.267 e. The molecular weight excluding hydrogens is 410 g/mol. The first-order valence-corrected chi connectivity index (χ1v) is 9.54. The Labute approximate surface area is 165 Å². The zero-order chi connectivity index (χ0) is 19.4. The van der Waals surface area contributed by atoms with Gasteiger partial charge in [0.2, 0.25) is 0 Å². The van der Waals surface area contributed by atoms with Crippen molar-refractivity contribution in [3.63, 3.8) is 0 Å². The Bertz CT molecular complexity index is 957. The molecule has 3 aromatic rings. The third-order valence-electron chi connectivity index (χ3n) is 4.21. The Morgan fingerprint density at radius 1 is 1.26 bits per heavy atom. The molecule has 0 aliphatic carbocycles. The minimum atomic E-state index is -0.240. The first kappa shape index (κ1) is 19.1. The predicted octanol–water partition coefficient (Wildman–Crippen LogP) is 4.50. The van der Waals surface area contributed by atoms with Crippen molar-refractivity contribution >= 4 is 27.6 Å². The highest BCUT2D eigenvalue weighted by Crippen LogP contribution is 2.28. The van der Waals surface area contributed by atoms with E-state index in [1.165, 1.54) is 6.20 Å². The van der Waals surface area contributed by atoms with Gasteiger partial charge in [0, 0.05) is 28.3 Å². The van der Waals surface area contributed by atoms with Gasteiger partial charge in [-0.2, -0.15) is 0 Å². The summed E-state index contributed by atoms with van der Waals surface area (Å²) >= 11 is 3.39. The number of unbranched alkanes of at least 4 members (excludes halogenated alkanes) is 1. The number of benzene rings is 1. The lowest BCUT2D eigenvalue weighted by atomic mass is 9.99. The number of hydrogen-bond donors (Lipinski definition) is 2. The highest BCUT2D eigenvalue weighted by Gasteiger charge is 2.24. The molecule has 0 aliphatic heterocycles. The number of carbonyl (C=O) groups is 2. The molecule has 0 bridgehead atoms. The van der Waals surface area contributed by atoms with Crippen molar-refractivity contribution in [3.05, 3.63) is 63.6 Å². The van der Waals surface area contributed by atoms with E-state index in [-0.39, 0.29) is 11.7 Å². The quantitative estimate of drug-likeness (QED) is 0.427. The molecule has 2 N–H and O–H groups in total. The van der Waals surface area contributed by atoms with Crippen molar-refractivity contribution in [2.75, 3.05) is 6.54 Å². The van der Waals surface area contributed by atoms with E-state index in [2.05, 4.69) is 38.3 Å². The van der Waals surface area contributed by atoms with E-state index in [1.807, 2.05) is 24.3 Å². The van der Waals surface area contributed by atoms with Gasteiger partial charge in [0.05, 0.1) is 5.56 Å². The van der Waals surface area contributed by atoms with Crippen LogP contribution in [0.3, 0.4) is 0 Å². The van der Waals surface area contributed by atoms with Gasteiger partial charge in [0.1, 0.15) is 17.1 Å². The van der Waals surface area contributed by atoms with E-state index in [9.17, 15) is 9.59 Å². The summed E-state index contributed by atoms with van der Waals surface area (Å²) in [5, 5.41) is 6.88. The number of ketones is 1. The van der Waals surface area contributed by atoms with Crippen LogP contribution < -0.4 is 5.32 Å². The minimum Gasteiger partial charge on any atom is -0.360 e. The van der Waals surface area contributed by atoms with Crippen LogP contribution in [0.4, 0.5) is 0 Å². The number of amides is 1. The van der Waals surface area contributed by atoms with Gasteiger partial charge in [-0.15, -0.1) is 0 Å². The van der Waals surface area contributed by atoms with Crippen LogP contribution in [0, 0.1) is 6.92 Å². The number of aryl methyl sites for hydroxylation is 1. The van der Waals surface area contributed by atoms with Crippen LogP contribution in [0.15, 0.2) is 45.5 Å². The lowest BCUT2D eigenvalue weighted by molar-refractivity contribution is 0.0948. The summed E-state index contributed by atoms with van der Waals surface area (Å²) in [6, 6.07) is 9.04. The molecular formula is C20H20BrN3O3. The number of aromatic amines is 1. The third-order valence-corrected chi connectivity index (χ3v) is 4.74. The third kappa shape index (κ3) is 4.19. The zero-order valence-electron chi connectivity index (χ0n) is 15.1. The second kappa shape index (κ2) is 8.35. The van der Waals surface area contributed by atoms with Crippen LogP contribution in [-0.2, 0) is 0 Å². The Morgan fingerprint density at radius 2 is 2.00 bits per heavy atom. The van der Waals surface area contributed by atoms with Crippen LogP contribution in [0.2, 0.25) is 0 Å². The SMILES string of the molecule is CCCCNC(=O)c1cc(C(=O)c2c(-c3ccc(Br)cc3)noc2C)c[nH]1. The second-order valence-electron chi connectivity index (χ2n) is 6.21. The molecule has 0 aliphatic rings. The molecule has 1 amide bonds. The molecule has 0 radical (unpaired) electrons. The number of hydrogen-bond acceptors (Lipinski definition) is 4. The number of H-pyrrole nitrogens is 1. The first-order valence-electron chi connectivity index (χ1n) is 8.74. The molecule has 0 spiro atoms. The van der Waals surface area contributed by atoms with E-state index < -0.39 is 0 Å². The standard InChI is InChI=1S/C20H20BrN3O3/c1-3-4-9-22-20(26)16-10-14(11-23-16)19(25)17-12(2)27-24-18(17)13-5-7-15(21)8-6-13/h5-8,10-11,23H,3-4,9H2,1-2H3,(H,22,26). The zero-order valence-corrected chi connectivity index (χ0v) is 16.7. The van der Waals surface area contributed by atoms with Gasteiger partial charge in [-0.25, -0.2) is 0 Å². The van der Waals surface area contributed by atoms with Crippen LogP contribution in [0.1, 0.15) is 51.9 Å². The number of nitrogens with one attached hydrogen (secondary N) is 2. The normalized spacial score (nSPS) is 10.8. The molecule has 0 fully saturated rings. The van der Waals surface area contributed by atoms with Gasteiger partial charge in [-0.3, -0.25) is 9.59 Å². The smallest absolute Gasteiger partial charge is 0.267 e. The average Bonchev–Trinajstić information content (AvgIpc) is 3.29. The van der Waals surface area contributed by atoms with Gasteiger partial charge in [-0.05, 0) is 31.5 Å². The summed E-state index contributed by atoms with van der Waals surface area (Å²) in [6.45, 7) is 4.37. The number of aromatic nitrogens is 2. The number of rotatable bonds is 7. The molecule has 2 aromatic heterocycles. The Morgan fingerprint density at radius 3 is 2.70 bits per heavy atom. The van der Waals surface area contributed by atoms with Crippen molar-refractivity contribution in [3.8, 4) is 11.3 Å². The largest absolute Gasteiger partial charge is 0.360 e. The van der Waals surface area contributed by atoms with E-state index in [0.29, 0.717) is 34.8 Å². The molecule has 3 rings (SSSR count). The maximum atomic E-state index is 13.0. The molecule has 0 unspecified atom stereocenters. The fraction of sp³-hybridized carbons (Fsp3) is 0.250. The van der Waals surface area contributed by atoms with Gasteiger partial charge in [-0.1, -0.05) is 46.6 Å². The van der Waals surface area contributed by atoms with Crippen molar-refractivity contribution in [1.82, 2.24) is 15.5 Å². The Kier molecular flexibility index (Phi) is 5.91. The number of carbonyl (C=O) groups excluding carboxylic acids is 2. The summed E-state index contributed by atoms with van der Waals surface area (Å²) in [7, 11) is 0. The summed E-state index contributed by atoms with van der Waals surface area (Å²) in [6.07, 6.45) is 3.45. The molecule has 140 valence electrons. The van der Waals surface area contributed by atoms with Crippen LogP contribution in [0.25, 0.3) is 11.3 Å². The molecule has 6 nitrogen and oxygen atoms in total. The summed E-state index contributed by atoms with van der Waals surface area (Å²) < 4.78 is 6.20. The molecule has 27 heavy (non-hydrogen) atoms. The average molecular weight is 430 g/mol. The fourth-order valence-electron chi connectivity index (χ4n) is 2.72. The molecule has 1 aromatic carbocycles. The van der Waals surface area contributed by atoms with Gasteiger partial charge in [0.25, 0.3) is 5.91 Å². The van der Waals surface area contributed by atoms with Crippen LogP contribution in [0.5, 0.6) is 0 Å². The Hall–Kier alpha value is -2.67. The summed E-state index contributed by atoms with van der Waals surface area (Å²) in [5.41, 5.74) is 2.41. The lowest BCUT2D eigenvalue weighted by Gasteiger charge is -2.02. The van der Waals surface area contributed by atoms with E-state index in [4.69, 9.17) is 4.52 Å². The van der Waals surface area contributed by atoms with E-state index in [1.54, 1.807) is 13.0 Å². The van der Waals surface area contributed by atoms with Crippen molar-refractivity contribution in [1.29, 1.82) is 0 Å². The van der Waals surface area contributed by atoms with Gasteiger partial charge in [0.15, 0.2) is 5.78 Å². The molecule has 7 heteroatoms. The van der Waals surface area contributed by atoms with E-state index >= 15 is 0 Å². The maximum absolute atomic E-state index is 13.0. The highest BCUT2D eigenvalue weighted by molar-refractivity contribution is 9.10. The molecule has 2 heterocycles. The molecule has 0 atom stereocenters. The van der Waals surface area contributed by atoms with Crippen molar-refractivity contribution in [2.24, 2.45) is 0 Å². The second-order valence-corrected chi connectivity index (χ2v) is 7.13. The monoisotopic (exact) mass is 429 g/mol. The lowest BCUT2D eigenvalue weighted by Crippen LogP contribution is -2.24. The van der Waals surface area contributed by atoms with E-state index in [0.717, 1.165) is 22.9 Å². The molecule has 0 saturated carbocycles. The topological polar surface area (TPSA) is 88.0 Å². The van der Waals surface area contributed by atoms with Crippen molar-refractivity contribution in [2.45, 2.75) is 26.7 Å². The van der Waals surface area contributed by atoms with Crippen LogP contribution in [-0.4, -0.2) is 28.4 Å². The van der Waals surface area contributed by atoms with Crippen molar-refractivity contribution < 1.29 is 14.1 Å². The number of nitrogens with zero attached hydrogens (tertiary/aromatic N) is 1. The molecule has 0 saturated heterocycles. The van der Waals surface area contributed by atoms with Crippen LogP contribution >= 0.6 is 15.9 Å². The minimum absolute atomic E-state index is 0.224. The fourth-order valence-corrected chi connectivity index (χ4v) is 2.98.